The average Bonchev–Trinajstić information content (AvgIpc) is 2.83. The summed E-state index contributed by atoms with van der Waals surface area (Å²) in [5.74, 6) is 0.456. The molecule has 0 atom stereocenters. The number of allylic oxidation sites excluding steroid dienone is 1. The summed E-state index contributed by atoms with van der Waals surface area (Å²) >= 11 is 0. The van der Waals surface area contributed by atoms with Crippen molar-refractivity contribution in [3.8, 4) is 11.8 Å². The summed E-state index contributed by atoms with van der Waals surface area (Å²) in [4.78, 5) is 31.4. The SMILES string of the molecule is Cc1ccc(NC(=O)COc2ccc(C=C(C#N)c3nc4ccccc4c(=O)[nH]3)cc2)cc1. The molecular weight excluding hydrogens is 416 g/mol. The van der Waals surface area contributed by atoms with Gasteiger partial charge in [0.2, 0.25) is 0 Å². The van der Waals surface area contributed by atoms with Crippen molar-refractivity contribution >= 4 is 34.1 Å². The predicted molar refractivity (Wildman–Crippen MR) is 128 cm³/mol. The highest BCUT2D eigenvalue weighted by molar-refractivity contribution is 5.92. The lowest BCUT2D eigenvalue weighted by molar-refractivity contribution is -0.118. The Bertz CT molecular complexity index is 1430. The third kappa shape index (κ3) is 5.32. The van der Waals surface area contributed by atoms with E-state index in [1.165, 1.54) is 0 Å². The maximum atomic E-state index is 12.3. The van der Waals surface area contributed by atoms with E-state index in [9.17, 15) is 14.9 Å². The van der Waals surface area contributed by atoms with Crippen LogP contribution in [0.4, 0.5) is 5.69 Å². The summed E-state index contributed by atoms with van der Waals surface area (Å²) in [7, 11) is 0. The number of ether oxygens (including phenoxy) is 1. The molecule has 3 aromatic carbocycles. The quantitative estimate of drug-likeness (QED) is 0.438. The molecule has 0 spiro atoms. The smallest absolute Gasteiger partial charge is 0.262 e. The molecule has 0 aliphatic heterocycles. The van der Waals surface area contributed by atoms with Crippen LogP contribution >= 0.6 is 0 Å². The Morgan fingerprint density at radius 3 is 2.55 bits per heavy atom. The molecule has 1 amide bonds. The summed E-state index contributed by atoms with van der Waals surface area (Å²) < 4.78 is 5.54. The number of hydrogen-bond donors (Lipinski definition) is 2. The molecule has 1 aromatic heterocycles. The molecule has 7 heteroatoms. The third-order valence-electron chi connectivity index (χ3n) is 4.88. The molecule has 0 unspecified atom stereocenters. The normalized spacial score (nSPS) is 11.1. The first kappa shape index (κ1) is 21.5. The lowest BCUT2D eigenvalue weighted by Gasteiger charge is -2.08. The monoisotopic (exact) mass is 436 g/mol. The molecule has 1 heterocycles. The number of carbonyl (C=O) groups is 1. The molecular formula is C26H20N4O3. The van der Waals surface area contributed by atoms with Gasteiger partial charge in [-0.3, -0.25) is 9.59 Å². The highest BCUT2D eigenvalue weighted by Crippen LogP contribution is 2.19. The Morgan fingerprint density at radius 1 is 1.09 bits per heavy atom. The zero-order valence-electron chi connectivity index (χ0n) is 17.8. The highest BCUT2D eigenvalue weighted by atomic mass is 16.5. The molecule has 0 aliphatic carbocycles. The van der Waals surface area contributed by atoms with Crippen molar-refractivity contribution < 1.29 is 9.53 Å². The maximum absolute atomic E-state index is 12.3. The second kappa shape index (κ2) is 9.62. The van der Waals surface area contributed by atoms with Gasteiger partial charge in [0, 0.05) is 5.69 Å². The number of nitriles is 1. The standard InChI is InChI=1S/C26H20N4O3/c1-17-6-10-20(11-7-17)28-24(31)16-33-21-12-8-18(9-13-21)14-19(15-27)25-29-23-5-3-2-4-22(23)26(32)30-25/h2-14H,16H2,1H3,(H,28,31)(H,29,30,32). The number of aryl methyl sites for hydroxylation is 1. The number of H-pyrrole nitrogens is 1. The van der Waals surface area contributed by atoms with Crippen LogP contribution in [0.15, 0.2) is 77.6 Å². The van der Waals surface area contributed by atoms with Gasteiger partial charge in [0.1, 0.15) is 11.8 Å². The Hall–Kier alpha value is -4.70. The van der Waals surface area contributed by atoms with Gasteiger partial charge in [-0.1, -0.05) is 42.0 Å². The number of anilines is 1. The number of nitrogens with one attached hydrogen (secondary N) is 2. The van der Waals surface area contributed by atoms with E-state index in [-0.39, 0.29) is 29.5 Å². The van der Waals surface area contributed by atoms with E-state index in [4.69, 9.17) is 4.74 Å². The molecule has 0 radical (unpaired) electrons. The van der Waals surface area contributed by atoms with Gasteiger partial charge >= 0.3 is 0 Å². The topological polar surface area (TPSA) is 108 Å². The Balaban J connectivity index is 1.44. The fourth-order valence-electron chi connectivity index (χ4n) is 3.18. The minimum absolute atomic E-state index is 0.130. The number of nitrogens with zero attached hydrogens (tertiary/aromatic N) is 2. The first-order chi connectivity index (χ1) is 16.0. The fraction of sp³-hybridized carbons (Fsp3) is 0.0769. The molecule has 4 rings (SSSR count). The van der Waals surface area contributed by atoms with Crippen LogP contribution in [-0.2, 0) is 4.79 Å². The van der Waals surface area contributed by atoms with E-state index in [2.05, 4.69) is 21.4 Å². The molecule has 33 heavy (non-hydrogen) atoms. The minimum atomic E-state index is -0.301. The number of para-hydroxylation sites is 1. The van der Waals surface area contributed by atoms with Crippen molar-refractivity contribution in [2.45, 2.75) is 6.92 Å². The van der Waals surface area contributed by atoms with Gasteiger partial charge in [-0.2, -0.15) is 5.26 Å². The first-order valence-corrected chi connectivity index (χ1v) is 10.2. The largest absolute Gasteiger partial charge is 0.484 e. The van der Waals surface area contributed by atoms with Crippen LogP contribution in [0, 0.1) is 18.3 Å². The van der Waals surface area contributed by atoms with Crippen LogP contribution in [0.2, 0.25) is 0 Å². The molecule has 0 bridgehead atoms. The second-order valence-corrected chi connectivity index (χ2v) is 7.37. The Morgan fingerprint density at radius 2 is 1.82 bits per heavy atom. The van der Waals surface area contributed by atoms with Crippen LogP contribution < -0.4 is 15.6 Å². The fourth-order valence-corrected chi connectivity index (χ4v) is 3.18. The van der Waals surface area contributed by atoms with Crippen molar-refractivity contribution in [1.29, 1.82) is 5.26 Å². The molecule has 0 saturated carbocycles. The van der Waals surface area contributed by atoms with Crippen molar-refractivity contribution in [2.24, 2.45) is 0 Å². The van der Waals surface area contributed by atoms with Crippen LogP contribution in [0.3, 0.4) is 0 Å². The summed E-state index contributed by atoms with van der Waals surface area (Å²) in [6.07, 6.45) is 1.63. The summed E-state index contributed by atoms with van der Waals surface area (Å²) in [5, 5.41) is 12.8. The van der Waals surface area contributed by atoms with Gasteiger partial charge in [-0.05, 0) is 55.0 Å². The van der Waals surface area contributed by atoms with Crippen LogP contribution in [0.1, 0.15) is 17.0 Å². The van der Waals surface area contributed by atoms with E-state index >= 15 is 0 Å². The molecule has 0 fully saturated rings. The molecule has 7 nitrogen and oxygen atoms in total. The summed E-state index contributed by atoms with van der Waals surface area (Å²) in [5.41, 5.74) is 2.98. The van der Waals surface area contributed by atoms with E-state index in [1.807, 2.05) is 31.2 Å². The van der Waals surface area contributed by atoms with E-state index < -0.39 is 0 Å². The zero-order valence-corrected chi connectivity index (χ0v) is 17.8. The number of fused-ring (bicyclic) bond motifs is 1. The predicted octanol–water partition coefficient (Wildman–Crippen LogP) is 4.31. The van der Waals surface area contributed by atoms with Crippen LogP contribution in [0.25, 0.3) is 22.6 Å². The molecule has 0 saturated heterocycles. The molecule has 0 aliphatic rings. The van der Waals surface area contributed by atoms with Crippen molar-refractivity contribution in [1.82, 2.24) is 9.97 Å². The second-order valence-electron chi connectivity index (χ2n) is 7.37. The lowest BCUT2D eigenvalue weighted by Crippen LogP contribution is -2.20. The maximum Gasteiger partial charge on any atom is 0.262 e. The van der Waals surface area contributed by atoms with E-state index in [1.54, 1.807) is 54.6 Å². The number of rotatable bonds is 6. The number of aromatic nitrogens is 2. The highest BCUT2D eigenvalue weighted by Gasteiger charge is 2.09. The zero-order chi connectivity index (χ0) is 23.2. The summed E-state index contributed by atoms with van der Waals surface area (Å²) in [6, 6.07) is 23.5. The van der Waals surface area contributed by atoms with E-state index in [0.717, 1.165) is 11.1 Å². The number of aromatic amines is 1. The molecule has 162 valence electrons. The van der Waals surface area contributed by atoms with Crippen LogP contribution in [0.5, 0.6) is 5.75 Å². The van der Waals surface area contributed by atoms with Gasteiger partial charge in [0.15, 0.2) is 12.4 Å². The van der Waals surface area contributed by atoms with Crippen LogP contribution in [-0.4, -0.2) is 22.5 Å². The molecule has 2 N–H and O–H groups in total. The minimum Gasteiger partial charge on any atom is -0.484 e. The number of carbonyl (C=O) groups excluding carboxylic acids is 1. The number of benzene rings is 3. The number of amides is 1. The average molecular weight is 436 g/mol. The van der Waals surface area contributed by atoms with Crippen molar-refractivity contribution in [2.75, 3.05) is 11.9 Å². The van der Waals surface area contributed by atoms with Crippen molar-refractivity contribution in [3.05, 3.63) is 100 Å². The summed E-state index contributed by atoms with van der Waals surface area (Å²) in [6.45, 7) is 1.85. The van der Waals surface area contributed by atoms with Gasteiger partial charge in [0.05, 0.1) is 16.5 Å². The molecule has 4 aromatic rings. The number of hydrogen-bond acceptors (Lipinski definition) is 5. The first-order valence-electron chi connectivity index (χ1n) is 10.2. The van der Waals surface area contributed by atoms with E-state index in [0.29, 0.717) is 22.3 Å². The van der Waals surface area contributed by atoms with Gasteiger partial charge in [-0.15, -0.1) is 0 Å². The Kier molecular flexibility index (Phi) is 6.28. The van der Waals surface area contributed by atoms with Crippen molar-refractivity contribution in [3.63, 3.8) is 0 Å². The third-order valence-corrected chi connectivity index (χ3v) is 4.88. The Labute approximate surface area is 190 Å². The van der Waals surface area contributed by atoms with Gasteiger partial charge in [0.25, 0.3) is 11.5 Å². The lowest BCUT2D eigenvalue weighted by atomic mass is 10.1. The van der Waals surface area contributed by atoms with Gasteiger partial charge in [-0.25, -0.2) is 4.98 Å². The van der Waals surface area contributed by atoms with Gasteiger partial charge < -0.3 is 15.0 Å².